The van der Waals surface area contributed by atoms with Gasteiger partial charge in [-0.1, -0.05) is 18.2 Å². The SMILES string of the molecule is O=C(NC[C@H]1CCCO1)C(=O)Nc1ccccc1. The summed E-state index contributed by atoms with van der Waals surface area (Å²) in [6.07, 6.45) is 1.98. The monoisotopic (exact) mass is 248 g/mol. The van der Waals surface area contributed by atoms with E-state index in [9.17, 15) is 9.59 Å². The van der Waals surface area contributed by atoms with Gasteiger partial charge >= 0.3 is 11.8 Å². The maximum Gasteiger partial charge on any atom is 0.313 e. The van der Waals surface area contributed by atoms with Crippen LogP contribution in [0.4, 0.5) is 5.69 Å². The van der Waals surface area contributed by atoms with Gasteiger partial charge in [-0.3, -0.25) is 9.59 Å². The first kappa shape index (κ1) is 12.6. The summed E-state index contributed by atoms with van der Waals surface area (Å²) in [6, 6.07) is 8.88. The number of nitrogens with one attached hydrogen (secondary N) is 2. The minimum Gasteiger partial charge on any atom is -0.376 e. The second kappa shape index (κ2) is 6.16. The van der Waals surface area contributed by atoms with Crippen LogP contribution >= 0.6 is 0 Å². The van der Waals surface area contributed by atoms with E-state index in [2.05, 4.69) is 10.6 Å². The molecule has 0 radical (unpaired) electrons. The Morgan fingerprint density at radius 2 is 2.00 bits per heavy atom. The molecule has 0 unspecified atom stereocenters. The number of hydrogen-bond acceptors (Lipinski definition) is 3. The van der Waals surface area contributed by atoms with Gasteiger partial charge in [-0.05, 0) is 25.0 Å². The fraction of sp³-hybridized carbons (Fsp3) is 0.385. The molecule has 2 N–H and O–H groups in total. The summed E-state index contributed by atoms with van der Waals surface area (Å²) >= 11 is 0. The Bertz CT molecular complexity index is 414. The molecule has 1 saturated heterocycles. The zero-order valence-electron chi connectivity index (χ0n) is 10.0. The van der Waals surface area contributed by atoms with Crippen LogP contribution < -0.4 is 10.6 Å². The molecule has 5 heteroatoms. The maximum absolute atomic E-state index is 11.6. The molecule has 0 bridgehead atoms. The number of anilines is 1. The molecule has 96 valence electrons. The molecule has 2 rings (SSSR count). The summed E-state index contributed by atoms with van der Waals surface area (Å²) in [5.41, 5.74) is 0.606. The molecular formula is C13H16N2O3. The van der Waals surface area contributed by atoms with Gasteiger partial charge in [-0.15, -0.1) is 0 Å². The summed E-state index contributed by atoms with van der Waals surface area (Å²) in [4.78, 5) is 23.1. The van der Waals surface area contributed by atoms with Crippen LogP contribution in [0.25, 0.3) is 0 Å². The summed E-state index contributed by atoms with van der Waals surface area (Å²) in [6.45, 7) is 1.12. The first-order valence-corrected chi connectivity index (χ1v) is 6.01. The Hall–Kier alpha value is -1.88. The van der Waals surface area contributed by atoms with E-state index in [1.807, 2.05) is 6.07 Å². The topological polar surface area (TPSA) is 67.4 Å². The molecular weight excluding hydrogens is 232 g/mol. The molecule has 1 heterocycles. The number of carbonyl (C=O) groups is 2. The average Bonchev–Trinajstić information content (AvgIpc) is 2.90. The third kappa shape index (κ3) is 3.56. The van der Waals surface area contributed by atoms with Crippen molar-refractivity contribution >= 4 is 17.5 Å². The highest BCUT2D eigenvalue weighted by molar-refractivity contribution is 6.39. The molecule has 0 spiro atoms. The highest BCUT2D eigenvalue weighted by atomic mass is 16.5. The Morgan fingerprint density at radius 3 is 2.67 bits per heavy atom. The minimum absolute atomic E-state index is 0.0403. The van der Waals surface area contributed by atoms with Gasteiger partial charge in [-0.25, -0.2) is 0 Å². The second-order valence-corrected chi connectivity index (χ2v) is 4.17. The lowest BCUT2D eigenvalue weighted by Gasteiger charge is -2.10. The van der Waals surface area contributed by atoms with Gasteiger partial charge in [-0.2, -0.15) is 0 Å². The van der Waals surface area contributed by atoms with Crippen LogP contribution in [-0.2, 0) is 14.3 Å². The van der Waals surface area contributed by atoms with E-state index in [1.165, 1.54) is 0 Å². The van der Waals surface area contributed by atoms with Gasteiger partial charge in [0.2, 0.25) is 0 Å². The Morgan fingerprint density at radius 1 is 1.22 bits per heavy atom. The predicted octanol–water partition coefficient (Wildman–Crippen LogP) is 0.920. The molecule has 1 aromatic carbocycles. The molecule has 0 aromatic heterocycles. The Labute approximate surface area is 106 Å². The zero-order valence-corrected chi connectivity index (χ0v) is 10.0. The van der Waals surface area contributed by atoms with Crippen LogP contribution in [0.3, 0.4) is 0 Å². The number of hydrogen-bond donors (Lipinski definition) is 2. The Balaban J connectivity index is 1.76. The first-order chi connectivity index (χ1) is 8.75. The highest BCUT2D eigenvalue weighted by Gasteiger charge is 2.19. The van der Waals surface area contributed by atoms with Gasteiger partial charge in [0.05, 0.1) is 6.10 Å². The largest absolute Gasteiger partial charge is 0.376 e. The van der Waals surface area contributed by atoms with Gasteiger partial charge in [0.15, 0.2) is 0 Å². The minimum atomic E-state index is -0.654. The normalized spacial score (nSPS) is 18.3. The average molecular weight is 248 g/mol. The van der Waals surface area contributed by atoms with Gasteiger partial charge in [0.25, 0.3) is 0 Å². The number of ether oxygens (including phenoxy) is 1. The van der Waals surface area contributed by atoms with Crippen LogP contribution in [0.15, 0.2) is 30.3 Å². The lowest BCUT2D eigenvalue weighted by Crippen LogP contribution is -2.39. The van der Waals surface area contributed by atoms with Gasteiger partial charge in [0, 0.05) is 18.8 Å². The molecule has 0 saturated carbocycles. The van der Waals surface area contributed by atoms with Gasteiger partial charge in [0.1, 0.15) is 0 Å². The third-order valence-corrected chi connectivity index (χ3v) is 2.75. The number of para-hydroxylation sites is 1. The van der Waals surface area contributed by atoms with E-state index in [4.69, 9.17) is 4.74 Å². The first-order valence-electron chi connectivity index (χ1n) is 6.01. The van der Waals surface area contributed by atoms with Crippen molar-refractivity contribution in [2.45, 2.75) is 18.9 Å². The van der Waals surface area contributed by atoms with Crippen molar-refractivity contribution in [1.82, 2.24) is 5.32 Å². The van der Waals surface area contributed by atoms with Gasteiger partial charge < -0.3 is 15.4 Å². The number of rotatable bonds is 3. The molecule has 5 nitrogen and oxygen atoms in total. The smallest absolute Gasteiger partial charge is 0.313 e. The Kier molecular flexibility index (Phi) is 4.30. The van der Waals surface area contributed by atoms with Crippen LogP contribution in [-0.4, -0.2) is 31.1 Å². The standard InChI is InChI=1S/C13H16N2O3/c16-12(14-9-11-7-4-8-18-11)13(17)15-10-5-2-1-3-6-10/h1-3,5-6,11H,4,7-9H2,(H,14,16)(H,15,17)/t11-/m1/s1. The van der Waals surface area contributed by atoms with Crippen molar-refractivity contribution in [3.05, 3.63) is 30.3 Å². The molecule has 18 heavy (non-hydrogen) atoms. The van der Waals surface area contributed by atoms with Crippen molar-refractivity contribution in [2.75, 3.05) is 18.5 Å². The van der Waals surface area contributed by atoms with Crippen LogP contribution in [0.5, 0.6) is 0 Å². The molecule has 1 atom stereocenters. The summed E-state index contributed by atoms with van der Waals surface area (Å²) in [7, 11) is 0. The fourth-order valence-corrected chi connectivity index (χ4v) is 1.80. The molecule has 1 aromatic rings. The van der Waals surface area contributed by atoms with Crippen LogP contribution in [0.2, 0.25) is 0 Å². The van der Waals surface area contributed by atoms with Crippen molar-refractivity contribution in [3.63, 3.8) is 0 Å². The third-order valence-electron chi connectivity index (χ3n) is 2.75. The predicted molar refractivity (Wildman–Crippen MR) is 67.1 cm³/mol. The van der Waals surface area contributed by atoms with E-state index in [0.29, 0.717) is 12.2 Å². The van der Waals surface area contributed by atoms with Crippen LogP contribution in [0.1, 0.15) is 12.8 Å². The quantitative estimate of drug-likeness (QED) is 0.782. The van der Waals surface area contributed by atoms with Crippen LogP contribution in [0, 0.1) is 0 Å². The van der Waals surface area contributed by atoms with E-state index in [1.54, 1.807) is 24.3 Å². The van der Waals surface area contributed by atoms with Crippen molar-refractivity contribution in [1.29, 1.82) is 0 Å². The molecule has 0 aliphatic carbocycles. The number of amides is 2. The van der Waals surface area contributed by atoms with E-state index in [0.717, 1.165) is 19.4 Å². The van der Waals surface area contributed by atoms with E-state index in [-0.39, 0.29) is 6.10 Å². The fourth-order valence-electron chi connectivity index (χ4n) is 1.80. The zero-order chi connectivity index (χ0) is 12.8. The van der Waals surface area contributed by atoms with Crippen molar-refractivity contribution in [3.8, 4) is 0 Å². The van der Waals surface area contributed by atoms with Crippen molar-refractivity contribution < 1.29 is 14.3 Å². The molecule has 1 aliphatic heterocycles. The van der Waals surface area contributed by atoms with E-state index >= 15 is 0 Å². The van der Waals surface area contributed by atoms with Crippen molar-refractivity contribution in [2.24, 2.45) is 0 Å². The molecule has 1 fully saturated rings. The second-order valence-electron chi connectivity index (χ2n) is 4.17. The number of carbonyl (C=O) groups excluding carboxylic acids is 2. The number of benzene rings is 1. The molecule has 1 aliphatic rings. The lowest BCUT2D eigenvalue weighted by atomic mass is 10.2. The lowest BCUT2D eigenvalue weighted by molar-refractivity contribution is -0.136. The summed E-state index contributed by atoms with van der Waals surface area (Å²) in [5, 5.41) is 5.09. The summed E-state index contributed by atoms with van der Waals surface area (Å²) < 4.78 is 5.35. The molecule has 2 amide bonds. The highest BCUT2D eigenvalue weighted by Crippen LogP contribution is 2.10. The summed E-state index contributed by atoms with van der Waals surface area (Å²) in [5.74, 6) is -1.28. The maximum atomic E-state index is 11.6. The van der Waals surface area contributed by atoms with E-state index < -0.39 is 11.8 Å².